The van der Waals surface area contributed by atoms with Crippen LogP contribution in [0.15, 0.2) is 23.1 Å². The van der Waals surface area contributed by atoms with Gasteiger partial charge in [-0.25, -0.2) is 0 Å². The number of benzene rings is 1. The highest BCUT2D eigenvalue weighted by atomic mass is 35.5. The van der Waals surface area contributed by atoms with E-state index in [4.69, 9.17) is 11.6 Å². The molecule has 0 atom stereocenters. The maximum atomic E-state index is 12.1. The third kappa shape index (κ3) is 2.47. The maximum absolute atomic E-state index is 12.1. The fourth-order valence-corrected chi connectivity index (χ4v) is 2.00. The molecule has 0 aliphatic heterocycles. The summed E-state index contributed by atoms with van der Waals surface area (Å²) in [6, 6.07) is 3.92. The van der Waals surface area contributed by atoms with Gasteiger partial charge in [-0.3, -0.25) is 0 Å². The fraction of sp³-hybridized carbons (Fsp3) is 0. The van der Waals surface area contributed by atoms with Crippen molar-refractivity contribution in [1.82, 2.24) is 0 Å². The molecule has 0 spiro atoms. The Balaban J connectivity index is 3.50. The van der Waals surface area contributed by atoms with Gasteiger partial charge in [0.25, 0.3) is 0 Å². The van der Waals surface area contributed by atoms with Gasteiger partial charge in [0.05, 0.1) is 5.02 Å². The van der Waals surface area contributed by atoms with Gasteiger partial charge in [-0.05, 0) is 6.07 Å². The molecule has 0 aliphatic carbocycles. The average Bonchev–Trinajstić information content (AvgIpc) is 1.82. The molecule has 0 aliphatic rings. The second-order valence-electron chi connectivity index (χ2n) is 2.32. The van der Waals surface area contributed by atoms with Crippen LogP contribution in [0.5, 0.6) is 0 Å². The summed E-state index contributed by atoms with van der Waals surface area (Å²) < 4.78 is 60.5. The zero-order chi connectivity index (χ0) is 10.4. The van der Waals surface area contributed by atoms with Crippen molar-refractivity contribution in [1.29, 1.82) is 0 Å². The highest BCUT2D eigenvalue weighted by Crippen LogP contribution is 3.02. The van der Waals surface area contributed by atoms with Crippen LogP contribution in [0.1, 0.15) is 0 Å². The predicted octanol–water partition coefficient (Wildman–Crippen LogP) is 4.80. The zero-order valence-electron chi connectivity index (χ0n) is 5.91. The van der Waals surface area contributed by atoms with Gasteiger partial charge in [-0.1, -0.05) is 43.2 Å². The Bertz CT molecular complexity index is 342. The van der Waals surface area contributed by atoms with Crippen LogP contribution in [0.2, 0.25) is 5.02 Å². The van der Waals surface area contributed by atoms with E-state index in [1.807, 2.05) is 6.07 Å². The Kier molecular flexibility index (Phi) is 1.72. The van der Waals surface area contributed by atoms with Gasteiger partial charge in [0.1, 0.15) is 4.90 Å². The van der Waals surface area contributed by atoms with Crippen LogP contribution < -0.4 is 0 Å². The van der Waals surface area contributed by atoms with Gasteiger partial charge >= 0.3 is 10.2 Å². The van der Waals surface area contributed by atoms with E-state index < -0.39 is 20.1 Å². The van der Waals surface area contributed by atoms with Crippen molar-refractivity contribution in [2.45, 2.75) is 4.90 Å². The van der Waals surface area contributed by atoms with Crippen molar-refractivity contribution in [3.8, 4) is 0 Å². The summed E-state index contributed by atoms with van der Waals surface area (Å²) in [5.74, 6) is 0. The van der Waals surface area contributed by atoms with Crippen molar-refractivity contribution in [2.75, 3.05) is 0 Å². The van der Waals surface area contributed by atoms with Gasteiger partial charge in [0.2, 0.25) is 0 Å². The SMILES string of the molecule is FS(F)(F)(F)(F)c1ccc[c]c1Cl. The highest BCUT2D eigenvalue weighted by molar-refractivity contribution is 8.45. The van der Waals surface area contributed by atoms with Crippen molar-refractivity contribution >= 4 is 21.8 Å². The molecule has 1 aromatic rings. The van der Waals surface area contributed by atoms with E-state index in [1.54, 1.807) is 0 Å². The Morgan fingerprint density at radius 2 is 1.69 bits per heavy atom. The first-order valence-corrected chi connectivity index (χ1v) is 5.24. The minimum absolute atomic E-state index is 0.236. The molecule has 0 saturated carbocycles. The zero-order valence-corrected chi connectivity index (χ0v) is 7.48. The number of halogens is 6. The molecule has 1 radical (unpaired) electrons. The monoisotopic (exact) mass is 237 g/mol. The van der Waals surface area contributed by atoms with Crippen LogP contribution in [-0.2, 0) is 0 Å². The molecule has 0 bridgehead atoms. The Hall–Kier alpha value is -0.490. The minimum atomic E-state index is -9.64. The standard InChI is InChI=1S/C6H3ClF5S/c7-5-3-1-2-4-6(5)13(8,9,10,11)12/h1-2,4H. The molecule has 0 fully saturated rings. The number of rotatable bonds is 1. The quantitative estimate of drug-likeness (QED) is 0.616. The Morgan fingerprint density at radius 1 is 1.15 bits per heavy atom. The van der Waals surface area contributed by atoms with Crippen molar-refractivity contribution in [2.24, 2.45) is 0 Å². The summed E-state index contributed by atoms with van der Waals surface area (Å²) in [7, 11) is -9.64. The molecule has 0 aromatic heterocycles. The molecule has 7 heteroatoms. The van der Waals surface area contributed by atoms with Crippen LogP contribution in [-0.4, -0.2) is 0 Å². The van der Waals surface area contributed by atoms with Crippen molar-refractivity contribution < 1.29 is 19.4 Å². The summed E-state index contributed by atoms with van der Waals surface area (Å²) in [4.78, 5) is -2.09. The fourth-order valence-electron chi connectivity index (χ4n) is 0.699. The summed E-state index contributed by atoms with van der Waals surface area (Å²) in [5.41, 5.74) is 0. The third-order valence-corrected chi connectivity index (χ3v) is 2.78. The first-order valence-electron chi connectivity index (χ1n) is 2.91. The summed E-state index contributed by atoms with van der Waals surface area (Å²) >= 11 is 4.96. The summed E-state index contributed by atoms with van der Waals surface area (Å²) in [6.07, 6.45) is 0. The van der Waals surface area contributed by atoms with Crippen molar-refractivity contribution in [3.63, 3.8) is 0 Å². The largest absolute Gasteiger partial charge is 0.311 e. The van der Waals surface area contributed by atoms with Crippen LogP contribution in [0, 0.1) is 6.07 Å². The molecule has 0 saturated heterocycles. The van der Waals surface area contributed by atoms with E-state index in [-0.39, 0.29) is 6.07 Å². The molecule has 0 N–H and O–H groups in total. The Labute approximate surface area is 76.0 Å². The molecule has 13 heavy (non-hydrogen) atoms. The van der Waals surface area contributed by atoms with E-state index in [2.05, 4.69) is 0 Å². The topological polar surface area (TPSA) is 0 Å². The van der Waals surface area contributed by atoms with E-state index in [1.165, 1.54) is 0 Å². The van der Waals surface area contributed by atoms with Crippen molar-refractivity contribution in [3.05, 3.63) is 29.3 Å². The second kappa shape index (κ2) is 2.12. The van der Waals surface area contributed by atoms with Crippen LogP contribution in [0.25, 0.3) is 0 Å². The molecule has 0 unspecified atom stereocenters. The molecule has 75 valence electrons. The average molecular weight is 238 g/mol. The van der Waals surface area contributed by atoms with E-state index in [0.29, 0.717) is 0 Å². The van der Waals surface area contributed by atoms with Gasteiger partial charge in [-0.15, -0.1) is 0 Å². The normalized spacial score (nSPS) is 17.7. The second-order valence-corrected chi connectivity index (χ2v) is 5.07. The minimum Gasteiger partial charge on any atom is -0.0936 e. The van der Waals surface area contributed by atoms with Gasteiger partial charge in [-0.2, -0.15) is 0 Å². The van der Waals surface area contributed by atoms with E-state index >= 15 is 0 Å². The number of hydrogen-bond donors (Lipinski definition) is 0. The lowest BCUT2D eigenvalue weighted by Crippen LogP contribution is -2.06. The van der Waals surface area contributed by atoms with Crippen LogP contribution in [0.3, 0.4) is 0 Å². The first kappa shape index (κ1) is 10.6. The molecule has 1 aromatic carbocycles. The highest BCUT2D eigenvalue weighted by Gasteiger charge is 2.66. The van der Waals surface area contributed by atoms with E-state index in [0.717, 1.165) is 12.1 Å². The number of hydrogen-bond acceptors (Lipinski definition) is 0. The molecular formula is C6H3ClF5S. The predicted molar refractivity (Wildman–Crippen MR) is 41.7 cm³/mol. The first-order chi connectivity index (χ1) is 5.50. The Morgan fingerprint density at radius 3 is 2.00 bits per heavy atom. The molecule has 0 amide bonds. The lowest BCUT2D eigenvalue weighted by atomic mass is 10.4. The molecule has 0 heterocycles. The summed E-state index contributed by atoms with van der Waals surface area (Å²) in [5, 5.41) is -1.11. The smallest absolute Gasteiger partial charge is 0.0936 e. The van der Waals surface area contributed by atoms with Crippen LogP contribution in [0.4, 0.5) is 19.4 Å². The molecule has 0 nitrogen and oxygen atoms in total. The van der Waals surface area contributed by atoms with E-state index in [9.17, 15) is 19.4 Å². The van der Waals surface area contributed by atoms with Gasteiger partial charge in [0, 0.05) is 6.07 Å². The lowest BCUT2D eigenvalue weighted by Gasteiger charge is -2.40. The maximum Gasteiger partial charge on any atom is 0.311 e. The third-order valence-electron chi connectivity index (χ3n) is 1.19. The van der Waals surface area contributed by atoms with Gasteiger partial charge in [0.15, 0.2) is 0 Å². The summed E-state index contributed by atoms with van der Waals surface area (Å²) in [6.45, 7) is 0. The molecule has 1 rings (SSSR count). The van der Waals surface area contributed by atoms with Gasteiger partial charge < -0.3 is 0 Å². The molecular weight excluding hydrogens is 235 g/mol. The lowest BCUT2D eigenvalue weighted by molar-refractivity contribution is 0.364. The van der Waals surface area contributed by atoms with Crippen LogP contribution >= 0.6 is 21.8 Å².